The molecule has 18 heavy (non-hydrogen) atoms. The van der Waals surface area contributed by atoms with E-state index in [0.717, 1.165) is 10.9 Å². The maximum absolute atomic E-state index is 11.7. The van der Waals surface area contributed by atoms with Crippen LogP contribution in [-0.2, 0) is 6.42 Å². The number of benzene rings is 1. The van der Waals surface area contributed by atoms with Crippen LogP contribution in [-0.4, -0.2) is 27.1 Å². The zero-order chi connectivity index (χ0) is 13.0. The average molecular weight is 309 g/mol. The van der Waals surface area contributed by atoms with E-state index in [1.165, 1.54) is 11.9 Å². The Balaban J connectivity index is 1.90. The summed E-state index contributed by atoms with van der Waals surface area (Å²) >= 11 is 3.39. The summed E-state index contributed by atoms with van der Waals surface area (Å²) < 4.78 is 1.05. The van der Waals surface area contributed by atoms with Gasteiger partial charge in [-0.05, 0) is 31.0 Å². The van der Waals surface area contributed by atoms with Crippen LogP contribution in [0.15, 0.2) is 35.1 Å². The number of aromatic amines is 1. The molecular weight excluding hydrogens is 296 g/mol. The molecule has 94 valence electrons. The topological polar surface area (TPSA) is 70.7 Å². The van der Waals surface area contributed by atoms with Gasteiger partial charge in [0.05, 0.1) is 0 Å². The van der Waals surface area contributed by atoms with Gasteiger partial charge in [0.15, 0.2) is 0 Å². The van der Waals surface area contributed by atoms with Crippen LogP contribution < -0.4 is 5.32 Å². The van der Waals surface area contributed by atoms with Gasteiger partial charge >= 0.3 is 0 Å². The third-order valence-electron chi connectivity index (χ3n) is 2.46. The summed E-state index contributed by atoms with van der Waals surface area (Å²) in [7, 11) is 0. The molecule has 0 spiro atoms. The maximum atomic E-state index is 11.7. The highest BCUT2D eigenvalue weighted by Gasteiger charge is 2.12. The zero-order valence-electron chi connectivity index (χ0n) is 9.85. The first kappa shape index (κ1) is 12.8. The van der Waals surface area contributed by atoms with E-state index in [4.69, 9.17) is 0 Å². The first-order valence-electron chi connectivity index (χ1n) is 5.56. The molecule has 1 unspecified atom stereocenters. The molecule has 0 aliphatic carbocycles. The number of hydrogen-bond acceptors (Lipinski definition) is 3. The molecule has 0 radical (unpaired) electrons. The third-order valence-corrected chi connectivity index (χ3v) is 2.99. The molecule has 1 atom stereocenters. The normalized spacial score (nSPS) is 12.1. The smallest absolute Gasteiger partial charge is 0.288 e. The summed E-state index contributed by atoms with van der Waals surface area (Å²) in [6, 6.07) is 8.06. The average Bonchev–Trinajstić information content (AvgIpc) is 2.85. The van der Waals surface area contributed by atoms with Crippen molar-refractivity contribution in [2.45, 2.75) is 19.4 Å². The molecule has 0 saturated heterocycles. The standard InChI is InChI=1S/C12H13BrN4O/c1-8(6-9-2-4-10(13)5-3-9)16-12(18)11-14-7-15-17-11/h2-5,7-8H,6H2,1H3,(H,16,18)(H,14,15,17). The van der Waals surface area contributed by atoms with Crippen LogP contribution in [0.4, 0.5) is 0 Å². The molecule has 0 saturated carbocycles. The van der Waals surface area contributed by atoms with Crippen molar-refractivity contribution in [1.82, 2.24) is 20.5 Å². The molecule has 0 fully saturated rings. The molecule has 1 amide bonds. The van der Waals surface area contributed by atoms with Gasteiger partial charge in [-0.1, -0.05) is 28.1 Å². The Morgan fingerprint density at radius 3 is 2.78 bits per heavy atom. The number of H-pyrrole nitrogens is 1. The van der Waals surface area contributed by atoms with Crippen molar-refractivity contribution in [3.8, 4) is 0 Å². The highest BCUT2D eigenvalue weighted by atomic mass is 79.9. The summed E-state index contributed by atoms with van der Waals surface area (Å²) in [5, 5.41) is 9.04. The Bertz CT molecular complexity index is 509. The number of amides is 1. The molecule has 1 aromatic heterocycles. The van der Waals surface area contributed by atoms with E-state index in [1.54, 1.807) is 0 Å². The van der Waals surface area contributed by atoms with Crippen molar-refractivity contribution in [3.63, 3.8) is 0 Å². The quantitative estimate of drug-likeness (QED) is 0.906. The van der Waals surface area contributed by atoms with E-state index in [2.05, 4.69) is 36.4 Å². The molecule has 0 aliphatic rings. The Labute approximate surface area is 113 Å². The maximum Gasteiger partial charge on any atom is 0.288 e. The minimum absolute atomic E-state index is 0.0313. The van der Waals surface area contributed by atoms with Crippen LogP contribution in [0.2, 0.25) is 0 Å². The van der Waals surface area contributed by atoms with E-state index in [0.29, 0.717) is 0 Å². The van der Waals surface area contributed by atoms with Gasteiger partial charge in [-0.3, -0.25) is 9.89 Å². The van der Waals surface area contributed by atoms with Crippen LogP contribution in [0.5, 0.6) is 0 Å². The lowest BCUT2D eigenvalue weighted by Gasteiger charge is -2.12. The van der Waals surface area contributed by atoms with Crippen LogP contribution in [0.1, 0.15) is 23.1 Å². The summed E-state index contributed by atoms with van der Waals surface area (Å²) in [5.41, 5.74) is 1.17. The minimum atomic E-state index is -0.239. The Hall–Kier alpha value is -1.69. The van der Waals surface area contributed by atoms with Crippen LogP contribution in [0.3, 0.4) is 0 Å². The number of halogens is 1. The largest absolute Gasteiger partial charge is 0.347 e. The number of nitrogens with one attached hydrogen (secondary N) is 2. The van der Waals surface area contributed by atoms with Gasteiger partial charge in [0.2, 0.25) is 5.82 Å². The first-order chi connectivity index (χ1) is 8.65. The first-order valence-corrected chi connectivity index (χ1v) is 6.35. The molecule has 2 rings (SSSR count). The monoisotopic (exact) mass is 308 g/mol. The second-order valence-electron chi connectivity index (χ2n) is 4.04. The summed E-state index contributed by atoms with van der Waals surface area (Å²) in [4.78, 5) is 15.5. The third kappa shape index (κ3) is 3.40. The van der Waals surface area contributed by atoms with Crippen LogP contribution >= 0.6 is 15.9 Å². The van der Waals surface area contributed by atoms with Crippen molar-refractivity contribution in [2.75, 3.05) is 0 Å². The fraction of sp³-hybridized carbons (Fsp3) is 0.250. The second kappa shape index (κ2) is 5.77. The fourth-order valence-electron chi connectivity index (χ4n) is 1.63. The fourth-order valence-corrected chi connectivity index (χ4v) is 1.90. The van der Waals surface area contributed by atoms with E-state index in [-0.39, 0.29) is 17.8 Å². The Kier molecular flexibility index (Phi) is 4.09. The summed E-state index contributed by atoms with van der Waals surface area (Å²) in [6.45, 7) is 1.95. The molecule has 2 aromatic rings. The molecule has 0 bridgehead atoms. The van der Waals surface area contributed by atoms with E-state index in [1.807, 2.05) is 31.2 Å². The van der Waals surface area contributed by atoms with Gasteiger partial charge < -0.3 is 5.32 Å². The van der Waals surface area contributed by atoms with Gasteiger partial charge in [-0.25, -0.2) is 4.98 Å². The SMILES string of the molecule is CC(Cc1ccc(Br)cc1)NC(=O)c1ncn[nH]1. The predicted octanol–water partition coefficient (Wildman–Crippen LogP) is 1.93. The second-order valence-corrected chi connectivity index (χ2v) is 4.95. The van der Waals surface area contributed by atoms with Gasteiger partial charge in [0.1, 0.15) is 6.33 Å². The number of rotatable bonds is 4. The number of carbonyl (C=O) groups excluding carboxylic acids is 1. The number of aromatic nitrogens is 3. The van der Waals surface area contributed by atoms with Crippen LogP contribution in [0.25, 0.3) is 0 Å². The van der Waals surface area contributed by atoms with E-state index in [9.17, 15) is 4.79 Å². The van der Waals surface area contributed by atoms with Gasteiger partial charge in [0, 0.05) is 10.5 Å². The lowest BCUT2D eigenvalue weighted by molar-refractivity contribution is 0.0930. The molecular formula is C12H13BrN4O. The lowest BCUT2D eigenvalue weighted by atomic mass is 10.1. The van der Waals surface area contributed by atoms with Crippen molar-refractivity contribution in [3.05, 3.63) is 46.5 Å². The molecule has 5 nitrogen and oxygen atoms in total. The van der Waals surface area contributed by atoms with Crippen LogP contribution in [0, 0.1) is 0 Å². The molecule has 6 heteroatoms. The minimum Gasteiger partial charge on any atom is -0.347 e. The number of nitrogens with zero attached hydrogens (tertiary/aromatic N) is 2. The Morgan fingerprint density at radius 1 is 1.44 bits per heavy atom. The van der Waals surface area contributed by atoms with Crippen molar-refractivity contribution in [2.24, 2.45) is 0 Å². The van der Waals surface area contributed by atoms with E-state index < -0.39 is 0 Å². The lowest BCUT2D eigenvalue weighted by Crippen LogP contribution is -2.34. The van der Waals surface area contributed by atoms with Crippen molar-refractivity contribution < 1.29 is 4.79 Å². The Morgan fingerprint density at radius 2 is 2.17 bits per heavy atom. The predicted molar refractivity (Wildman–Crippen MR) is 71.2 cm³/mol. The molecule has 0 aliphatic heterocycles. The van der Waals surface area contributed by atoms with Gasteiger partial charge in [-0.2, -0.15) is 5.10 Å². The zero-order valence-corrected chi connectivity index (χ0v) is 11.4. The summed E-state index contributed by atoms with van der Waals surface area (Å²) in [5.74, 6) is -0.00484. The van der Waals surface area contributed by atoms with Crippen molar-refractivity contribution >= 4 is 21.8 Å². The molecule has 2 N–H and O–H groups in total. The van der Waals surface area contributed by atoms with Gasteiger partial charge in [-0.15, -0.1) is 0 Å². The number of carbonyl (C=O) groups is 1. The van der Waals surface area contributed by atoms with Crippen molar-refractivity contribution in [1.29, 1.82) is 0 Å². The highest BCUT2D eigenvalue weighted by Crippen LogP contribution is 2.11. The highest BCUT2D eigenvalue weighted by molar-refractivity contribution is 9.10. The number of hydrogen-bond donors (Lipinski definition) is 2. The van der Waals surface area contributed by atoms with Gasteiger partial charge in [0.25, 0.3) is 5.91 Å². The molecule has 1 aromatic carbocycles. The summed E-state index contributed by atoms with van der Waals surface area (Å²) in [6.07, 6.45) is 2.08. The molecule has 1 heterocycles. The van der Waals surface area contributed by atoms with E-state index >= 15 is 0 Å².